The van der Waals surface area contributed by atoms with Crippen molar-refractivity contribution in [2.45, 2.75) is 26.4 Å². The number of sulfonamides is 1. The van der Waals surface area contributed by atoms with Crippen molar-refractivity contribution in [3.05, 3.63) is 34.4 Å². The Morgan fingerprint density at radius 1 is 1.29 bits per heavy atom. The number of benzene rings is 1. The highest BCUT2D eigenvalue weighted by atomic mass is 32.2. The molecule has 1 aromatic rings. The van der Waals surface area contributed by atoms with E-state index in [-0.39, 0.29) is 11.4 Å². The van der Waals surface area contributed by atoms with Crippen molar-refractivity contribution in [3.63, 3.8) is 0 Å². The average molecular weight is 316 g/mol. The van der Waals surface area contributed by atoms with Gasteiger partial charge in [-0.25, -0.2) is 8.42 Å². The lowest BCUT2D eigenvalue weighted by Gasteiger charge is -2.19. The Morgan fingerprint density at radius 2 is 1.81 bits per heavy atom. The van der Waals surface area contributed by atoms with Gasteiger partial charge in [0.1, 0.15) is 5.60 Å². The Kier molecular flexibility index (Phi) is 4.89. The van der Waals surface area contributed by atoms with E-state index in [4.69, 9.17) is 4.74 Å². The minimum atomic E-state index is -3.93. The normalized spacial score (nSPS) is 11.8. The highest BCUT2D eigenvalue weighted by Crippen LogP contribution is 2.17. The van der Waals surface area contributed by atoms with Crippen LogP contribution >= 0.6 is 0 Å². The molecule has 0 aromatic heterocycles. The summed E-state index contributed by atoms with van der Waals surface area (Å²) in [6.07, 6.45) is 0. The third-order valence-corrected chi connectivity index (χ3v) is 3.24. The summed E-state index contributed by atoms with van der Waals surface area (Å²) in [6, 6.07) is 4.80. The fourth-order valence-electron chi connectivity index (χ4n) is 1.39. The molecule has 1 rings (SSSR count). The van der Waals surface area contributed by atoms with Gasteiger partial charge in [0.05, 0.1) is 4.92 Å². The molecule has 21 heavy (non-hydrogen) atoms. The molecule has 0 radical (unpaired) electrons. The van der Waals surface area contributed by atoms with E-state index in [0.29, 0.717) is 0 Å². The second-order valence-corrected chi connectivity index (χ2v) is 6.97. The molecule has 0 atom stereocenters. The first-order valence-corrected chi connectivity index (χ1v) is 7.60. The fourth-order valence-corrected chi connectivity index (χ4v) is 2.33. The van der Waals surface area contributed by atoms with Crippen LogP contribution in [0.3, 0.4) is 0 Å². The lowest BCUT2D eigenvalue weighted by molar-refractivity contribution is -0.384. The Bertz CT molecular complexity index is 631. The summed E-state index contributed by atoms with van der Waals surface area (Å²) in [5, 5.41) is 10.5. The van der Waals surface area contributed by atoms with Gasteiger partial charge in [0.25, 0.3) is 5.69 Å². The van der Waals surface area contributed by atoms with Gasteiger partial charge in [0.15, 0.2) is 5.75 Å². The number of anilines is 1. The van der Waals surface area contributed by atoms with Crippen molar-refractivity contribution >= 4 is 27.4 Å². The Balaban J connectivity index is 2.72. The van der Waals surface area contributed by atoms with Crippen molar-refractivity contribution in [1.29, 1.82) is 0 Å². The quantitative estimate of drug-likeness (QED) is 0.502. The van der Waals surface area contributed by atoms with E-state index in [1.165, 1.54) is 12.1 Å². The second kappa shape index (κ2) is 6.08. The molecule has 1 N–H and O–H groups in total. The number of hydrogen-bond donors (Lipinski definition) is 1. The van der Waals surface area contributed by atoms with Crippen molar-refractivity contribution in [3.8, 4) is 0 Å². The summed E-state index contributed by atoms with van der Waals surface area (Å²) in [5.74, 6) is -1.71. The van der Waals surface area contributed by atoms with Crippen LogP contribution < -0.4 is 4.72 Å². The summed E-state index contributed by atoms with van der Waals surface area (Å²) in [4.78, 5) is 21.4. The number of esters is 1. The Hall–Kier alpha value is -2.16. The maximum absolute atomic E-state index is 11.8. The van der Waals surface area contributed by atoms with Gasteiger partial charge in [-0.2, -0.15) is 0 Å². The van der Waals surface area contributed by atoms with E-state index < -0.39 is 32.3 Å². The summed E-state index contributed by atoms with van der Waals surface area (Å²) >= 11 is 0. The molecule has 9 heteroatoms. The van der Waals surface area contributed by atoms with E-state index in [2.05, 4.69) is 4.72 Å². The monoisotopic (exact) mass is 316 g/mol. The first-order valence-electron chi connectivity index (χ1n) is 5.95. The molecule has 0 aliphatic heterocycles. The smallest absolute Gasteiger partial charge is 0.323 e. The first-order chi connectivity index (χ1) is 9.48. The third-order valence-electron chi connectivity index (χ3n) is 2.08. The summed E-state index contributed by atoms with van der Waals surface area (Å²) in [7, 11) is -3.93. The van der Waals surface area contributed by atoms with Gasteiger partial charge >= 0.3 is 5.97 Å². The number of carbonyl (C=O) groups excluding carboxylic acids is 1. The molecule has 0 bridgehead atoms. The molecular formula is C12H16N2O6S. The van der Waals surface area contributed by atoms with E-state index in [1.54, 1.807) is 20.8 Å². The zero-order chi connectivity index (χ0) is 16.3. The molecule has 0 aliphatic carbocycles. The Labute approximate surface area is 122 Å². The number of nitro groups is 1. The molecule has 0 spiro atoms. The molecule has 0 unspecified atom stereocenters. The van der Waals surface area contributed by atoms with Gasteiger partial charge in [0.2, 0.25) is 10.0 Å². The molecule has 8 nitrogen and oxygen atoms in total. The topological polar surface area (TPSA) is 116 Å². The van der Waals surface area contributed by atoms with Crippen LogP contribution in [-0.2, 0) is 19.6 Å². The van der Waals surface area contributed by atoms with E-state index >= 15 is 0 Å². The number of nitrogens with one attached hydrogen (secondary N) is 1. The van der Waals surface area contributed by atoms with Gasteiger partial charge in [-0.15, -0.1) is 0 Å². The zero-order valence-electron chi connectivity index (χ0n) is 11.8. The number of hydrogen-bond acceptors (Lipinski definition) is 6. The fraction of sp³-hybridized carbons (Fsp3) is 0.417. The molecule has 0 heterocycles. The lowest BCUT2D eigenvalue weighted by Crippen LogP contribution is -2.30. The minimum Gasteiger partial charge on any atom is -0.459 e. The second-order valence-electron chi connectivity index (χ2n) is 5.25. The predicted octanol–water partition coefficient (Wildman–Crippen LogP) is 1.68. The highest BCUT2D eigenvalue weighted by molar-refractivity contribution is 7.93. The van der Waals surface area contributed by atoms with Crippen LogP contribution in [0.1, 0.15) is 20.8 Å². The Morgan fingerprint density at radius 3 is 2.24 bits per heavy atom. The van der Waals surface area contributed by atoms with Crippen LogP contribution in [0.25, 0.3) is 0 Å². The van der Waals surface area contributed by atoms with E-state index in [0.717, 1.165) is 12.1 Å². The molecule has 1 aromatic carbocycles. The van der Waals surface area contributed by atoms with Crippen molar-refractivity contribution < 1.29 is 22.9 Å². The molecule has 0 aliphatic rings. The lowest BCUT2D eigenvalue weighted by atomic mass is 10.2. The summed E-state index contributed by atoms with van der Waals surface area (Å²) in [6.45, 7) is 4.88. The molecule has 0 saturated carbocycles. The van der Waals surface area contributed by atoms with Crippen molar-refractivity contribution in [2.24, 2.45) is 0 Å². The number of nitrogens with zero attached hydrogens (tertiary/aromatic N) is 1. The van der Waals surface area contributed by atoms with Crippen LogP contribution in [0.15, 0.2) is 24.3 Å². The number of rotatable bonds is 5. The van der Waals surface area contributed by atoms with Crippen LogP contribution in [0.5, 0.6) is 0 Å². The molecule has 0 fully saturated rings. The minimum absolute atomic E-state index is 0.129. The highest BCUT2D eigenvalue weighted by Gasteiger charge is 2.22. The molecule has 0 saturated heterocycles. The first kappa shape index (κ1) is 16.9. The molecular weight excluding hydrogens is 300 g/mol. The zero-order valence-corrected chi connectivity index (χ0v) is 12.6. The number of non-ortho nitro benzene ring substituents is 1. The molecule has 0 amide bonds. The van der Waals surface area contributed by atoms with Gasteiger partial charge in [-0.3, -0.25) is 19.6 Å². The SMILES string of the molecule is CC(C)(C)OC(=O)CS(=O)(=O)Nc1ccc([N+](=O)[O-])cc1. The average Bonchev–Trinajstić information content (AvgIpc) is 2.24. The van der Waals surface area contributed by atoms with Crippen LogP contribution in [0, 0.1) is 10.1 Å². The van der Waals surface area contributed by atoms with Crippen molar-refractivity contribution in [2.75, 3.05) is 10.5 Å². The number of nitro benzene ring substituents is 1. The maximum Gasteiger partial charge on any atom is 0.323 e. The summed E-state index contributed by atoms with van der Waals surface area (Å²) < 4.78 is 30.6. The third kappa shape index (κ3) is 6.21. The van der Waals surface area contributed by atoms with Crippen LogP contribution in [0.4, 0.5) is 11.4 Å². The predicted molar refractivity (Wildman–Crippen MR) is 76.4 cm³/mol. The van der Waals surface area contributed by atoms with Gasteiger partial charge < -0.3 is 4.74 Å². The van der Waals surface area contributed by atoms with E-state index in [1.807, 2.05) is 0 Å². The molecule has 116 valence electrons. The van der Waals surface area contributed by atoms with Gasteiger partial charge in [-0.05, 0) is 32.9 Å². The van der Waals surface area contributed by atoms with Crippen molar-refractivity contribution in [1.82, 2.24) is 0 Å². The number of ether oxygens (including phenoxy) is 1. The summed E-state index contributed by atoms with van der Waals surface area (Å²) in [5.41, 5.74) is -0.811. The standard InChI is InChI=1S/C12H16N2O6S/c1-12(2,3)20-11(15)8-21(18,19)13-9-4-6-10(7-5-9)14(16)17/h4-7,13H,8H2,1-3H3. The van der Waals surface area contributed by atoms with Gasteiger partial charge in [0, 0.05) is 17.8 Å². The van der Waals surface area contributed by atoms with E-state index in [9.17, 15) is 23.3 Å². The van der Waals surface area contributed by atoms with Crippen LogP contribution in [-0.4, -0.2) is 30.7 Å². The largest absolute Gasteiger partial charge is 0.459 e. The van der Waals surface area contributed by atoms with Crippen LogP contribution in [0.2, 0.25) is 0 Å². The number of carbonyl (C=O) groups is 1. The maximum atomic E-state index is 11.8. The van der Waals surface area contributed by atoms with Gasteiger partial charge in [-0.1, -0.05) is 0 Å².